The molecule has 0 fully saturated rings. The molecule has 0 aromatic carbocycles. The Kier molecular flexibility index (Phi) is 5.92. The van der Waals surface area contributed by atoms with E-state index in [1.54, 1.807) is 6.07 Å². The van der Waals surface area contributed by atoms with Gasteiger partial charge in [0.2, 0.25) is 0 Å². The quantitative estimate of drug-likeness (QED) is 0.896. The average molecular weight is 302 g/mol. The van der Waals surface area contributed by atoms with Crippen molar-refractivity contribution in [2.45, 2.75) is 12.6 Å². The Morgan fingerprint density at radius 2 is 1.89 bits per heavy atom. The highest BCUT2D eigenvalue weighted by Gasteiger charge is 2.31. The van der Waals surface area contributed by atoms with Crippen LogP contribution in [0.2, 0.25) is 0 Å². The van der Waals surface area contributed by atoms with Gasteiger partial charge in [0.05, 0.1) is 5.56 Å². The highest BCUT2D eigenvalue weighted by Crippen LogP contribution is 2.30. The summed E-state index contributed by atoms with van der Waals surface area (Å²) in [5.41, 5.74) is 5.87. The molecule has 3 N–H and O–H groups in total. The third-order valence-corrected chi connectivity index (χ3v) is 2.27. The van der Waals surface area contributed by atoms with Crippen LogP contribution in [0.4, 0.5) is 13.2 Å². The summed E-state index contributed by atoms with van der Waals surface area (Å²) < 4.78 is 37.2. The Balaban J connectivity index is 0.00000144. The summed E-state index contributed by atoms with van der Waals surface area (Å²) in [6.07, 6.45) is -2.94. The monoisotopic (exact) mass is 301 g/mol. The van der Waals surface area contributed by atoms with E-state index >= 15 is 0 Å². The molecule has 0 saturated heterocycles. The van der Waals surface area contributed by atoms with Gasteiger partial charge in [0.25, 0.3) is 0 Å². The number of halogens is 5. The molecule has 2 heterocycles. The SMILES string of the molecule is Cl.Cl.NCCc1cc2cc(C(F)(F)F)cnc2[nH]1. The third-order valence-electron chi connectivity index (χ3n) is 2.27. The number of alkyl halides is 3. The molecule has 3 nitrogen and oxygen atoms in total. The molecule has 0 aliphatic rings. The van der Waals surface area contributed by atoms with E-state index in [1.807, 2.05) is 0 Å². The van der Waals surface area contributed by atoms with E-state index in [-0.39, 0.29) is 24.8 Å². The molecular weight excluding hydrogens is 290 g/mol. The van der Waals surface area contributed by atoms with E-state index in [1.165, 1.54) is 0 Å². The number of fused-ring (bicyclic) bond motifs is 1. The molecule has 2 aromatic rings. The van der Waals surface area contributed by atoms with E-state index in [0.29, 0.717) is 24.0 Å². The predicted octanol–water partition coefficient (Wildman–Crippen LogP) is 2.93. The standard InChI is InChI=1S/C10H10F3N3.2ClH/c11-10(12,13)7-3-6-4-8(1-2-14)16-9(6)15-5-7;;/h3-5H,1-2,14H2,(H,15,16);2*1H. The van der Waals surface area contributed by atoms with Gasteiger partial charge in [-0.3, -0.25) is 0 Å². The van der Waals surface area contributed by atoms with Crippen molar-refractivity contribution < 1.29 is 13.2 Å². The lowest BCUT2D eigenvalue weighted by Crippen LogP contribution is -2.04. The first-order chi connectivity index (χ1) is 7.50. The van der Waals surface area contributed by atoms with Crippen molar-refractivity contribution in [3.8, 4) is 0 Å². The second-order valence-electron chi connectivity index (χ2n) is 3.49. The first-order valence-corrected chi connectivity index (χ1v) is 4.75. The number of hydrogen-bond acceptors (Lipinski definition) is 2. The molecular formula is C10H12Cl2F3N3. The van der Waals surface area contributed by atoms with Crippen molar-refractivity contribution in [3.63, 3.8) is 0 Å². The number of rotatable bonds is 2. The van der Waals surface area contributed by atoms with E-state index in [4.69, 9.17) is 5.73 Å². The molecule has 0 bridgehead atoms. The fourth-order valence-electron chi connectivity index (χ4n) is 1.52. The molecule has 0 radical (unpaired) electrons. The molecule has 2 rings (SSSR count). The Morgan fingerprint density at radius 3 is 2.44 bits per heavy atom. The zero-order valence-electron chi connectivity index (χ0n) is 9.12. The maximum absolute atomic E-state index is 12.4. The first-order valence-electron chi connectivity index (χ1n) is 4.75. The van der Waals surface area contributed by atoms with E-state index in [9.17, 15) is 13.2 Å². The summed E-state index contributed by atoms with van der Waals surface area (Å²) in [6, 6.07) is 2.73. The van der Waals surface area contributed by atoms with Crippen LogP contribution in [0.15, 0.2) is 18.3 Å². The van der Waals surface area contributed by atoms with Crippen LogP contribution in [0, 0.1) is 0 Å². The normalized spacial score (nSPS) is 10.9. The van der Waals surface area contributed by atoms with Gasteiger partial charge in [-0.25, -0.2) is 4.98 Å². The summed E-state index contributed by atoms with van der Waals surface area (Å²) >= 11 is 0. The lowest BCUT2D eigenvalue weighted by molar-refractivity contribution is -0.137. The van der Waals surface area contributed by atoms with Gasteiger partial charge in [-0.1, -0.05) is 0 Å². The summed E-state index contributed by atoms with van der Waals surface area (Å²) in [5.74, 6) is 0. The molecule has 0 spiro atoms. The minimum Gasteiger partial charge on any atom is -0.343 e. The number of hydrogen-bond donors (Lipinski definition) is 2. The fourth-order valence-corrected chi connectivity index (χ4v) is 1.52. The van der Waals surface area contributed by atoms with Crippen LogP contribution in [0.1, 0.15) is 11.3 Å². The second-order valence-corrected chi connectivity index (χ2v) is 3.49. The zero-order valence-corrected chi connectivity index (χ0v) is 10.8. The number of nitrogens with two attached hydrogens (primary N) is 1. The molecule has 102 valence electrons. The van der Waals surface area contributed by atoms with Crippen LogP contribution in [-0.4, -0.2) is 16.5 Å². The van der Waals surface area contributed by atoms with Gasteiger partial charge in [-0.2, -0.15) is 13.2 Å². The summed E-state index contributed by atoms with van der Waals surface area (Å²) in [7, 11) is 0. The van der Waals surface area contributed by atoms with Crippen molar-refractivity contribution in [1.82, 2.24) is 9.97 Å². The van der Waals surface area contributed by atoms with Crippen LogP contribution in [-0.2, 0) is 12.6 Å². The van der Waals surface area contributed by atoms with Gasteiger partial charge in [-0.05, 0) is 25.1 Å². The predicted molar refractivity (Wildman–Crippen MR) is 68.4 cm³/mol. The Morgan fingerprint density at radius 1 is 1.22 bits per heavy atom. The molecule has 0 atom stereocenters. The van der Waals surface area contributed by atoms with Gasteiger partial charge >= 0.3 is 6.18 Å². The molecule has 8 heteroatoms. The molecule has 0 amide bonds. The number of aromatic amines is 1. The first kappa shape index (κ1) is 17.0. The van der Waals surface area contributed by atoms with E-state index < -0.39 is 11.7 Å². The number of pyridine rings is 1. The van der Waals surface area contributed by atoms with Crippen molar-refractivity contribution >= 4 is 35.8 Å². The van der Waals surface area contributed by atoms with E-state index in [0.717, 1.165) is 18.0 Å². The van der Waals surface area contributed by atoms with Gasteiger partial charge in [0, 0.05) is 17.3 Å². The Hall–Kier alpha value is -0.980. The number of nitrogens with one attached hydrogen (secondary N) is 1. The van der Waals surface area contributed by atoms with Gasteiger partial charge < -0.3 is 10.7 Å². The van der Waals surface area contributed by atoms with Crippen LogP contribution in [0.3, 0.4) is 0 Å². The van der Waals surface area contributed by atoms with Crippen molar-refractivity contribution in [2.75, 3.05) is 6.54 Å². The summed E-state index contributed by atoms with van der Waals surface area (Å²) in [5, 5.41) is 0.457. The van der Waals surface area contributed by atoms with Gasteiger partial charge in [0.15, 0.2) is 0 Å². The minimum absolute atomic E-state index is 0. The van der Waals surface area contributed by atoms with Gasteiger partial charge in [-0.15, -0.1) is 24.8 Å². The van der Waals surface area contributed by atoms with Crippen LogP contribution >= 0.6 is 24.8 Å². The van der Waals surface area contributed by atoms with Crippen molar-refractivity contribution in [2.24, 2.45) is 5.73 Å². The van der Waals surface area contributed by atoms with Crippen LogP contribution in [0.5, 0.6) is 0 Å². The smallest absolute Gasteiger partial charge is 0.343 e. The maximum Gasteiger partial charge on any atom is 0.417 e. The summed E-state index contributed by atoms with van der Waals surface area (Å²) in [6.45, 7) is 0.443. The lowest BCUT2D eigenvalue weighted by atomic mass is 10.2. The molecule has 0 unspecified atom stereocenters. The van der Waals surface area contributed by atoms with E-state index in [2.05, 4.69) is 9.97 Å². The molecule has 18 heavy (non-hydrogen) atoms. The fraction of sp³-hybridized carbons (Fsp3) is 0.300. The molecule has 0 aliphatic carbocycles. The minimum atomic E-state index is -4.35. The highest BCUT2D eigenvalue weighted by molar-refractivity contribution is 5.85. The Labute approximate surface area is 114 Å². The van der Waals surface area contributed by atoms with Crippen molar-refractivity contribution in [3.05, 3.63) is 29.6 Å². The third kappa shape index (κ3) is 3.51. The average Bonchev–Trinajstić information content (AvgIpc) is 2.57. The number of H-pyrrole nitrogens is 1. The molecule has 0 aliphatic heterocycles. The number of aromatic nitrogens is 2. The topological polar surface area (TPSA) is 54.7 Å². The van der Waals surface area contributed by atoms with Crippen LogP contribution < -0.4 is 5.73 Å². The van der Waals surface area contributed by atoms with Crippen molar-refractivity contribution in [1.29, 1.82) is 0 Å². The number of nitrogens with zero attached hydrogens (tertiary/aromatic N) is 1. The van der Waals surface area contributed by atoms with Gasteiger partial charge in [0.1, 0.15) is 5.65 Å². The highest BCUT2D eigenvalue weighted by atomic mass is 35.5. The lowest BCUT2D eigenvalue weighted by Gasteiger charge is -2.04. The Bertz CT molecular complexity index is 511. The molecule has 2 aromatic heterocycles. The maximum atomic E-state index is 12.4. The van der Waals surface area contributed by atoms with Crippen LogP contribution in [0.25, 0.3) is 11.0 Å². The zero-order chi connectivity index (χ0) is 11.8. The largest absolute Gasteiger partial charge is 0.417 e. The summed E-state index contributed by atoms with van der Waals surface area (Å²) in [4.78, 5) is 6.65. The molecule has 0 saturated carbocycles. The second kappa shape index (κ2) is 6.26.